The van der Waals surface area contributed by atoms with Gasteiger partial charge >= 0.3 is 0 Å². The maximum atomic E-state index is 5.90. The van der Waals surface area contributed by atoms with E-state index in [0.29, 0.717) is 6.04 Å². The van der Waals surface area contributed by atoms with Crippen molar-refractivity contribution in [3.63, 3.8) is 0 Å². The summed E-state index contributed by atoms with van der Waals surface area (Å²) >= 11 is 3.37. The van der Waals surface area contributed by atoms with Crippen LogP contribution in [0.3, 0.4) is 0 Å². The monoisotopic (exact) mass is 257 g/mol. The number of nitrogens with two attached hydrogens (primary N) is 2. The lowest BCUT2D eigenvalue weighted by atomic mass is 10.1. The van der Waals surface area contributed by atoms with Crippen LogP contribution in [0, 0.1) is 0 Å². The molecule has 14 heavy (non-hydrogen) atoms. The molecule has 1 rings (SSSR count). The van der Waals surface area contributed by atoms with E-state index in [-0.39, 0.29) is 0 Å². The quantitative estimate of drug-likeness (QED) is 0.727. The van der Waals surface area contributed by atoms with Gasteiger partial charge in [-0.15, -0.1) is 0 Å². The van der Waals surface area contributed by atoms with Crippen LogP contribution in [0.15, 0.2) is 16.6 Å². The summed E-state index contributed by atoms with van der Waals surface area (Å²) in [5.74, 6) is 0. The van der Waals surface area contributed by atoms with Gasteiger partial charge < -0.3 is 16.8 Å². The van der Waals surface area contributed by atoms with E-state index >= 15 is 0 Å². The van der Waals surface area contributed by atoms with Gasteiger partial charge in [0.05, 0.1) is 5.69 Å². The molecule has 0 aliphatic heterocycles. The Bertz CT molecular complexity index is 323. The minimum absolute atomic E-state index is 0.439. The molecule has 0 saturated carbocycles. The van der Waals surface area contributed by atoms with Crippen LogP contribution in [0.4, 0.5) is 11.4 Å². The van der Waals surface area contributed by atoms with E-state index in [1.807, 2.05) is 12.1 Å². The molecule has 5 N–H and O–H groups in total. The van der Waals surface area contributed by atoms with Crippen LogP contribution in [-0.2, 0) is 6.54 Å². The van der Waals surface area contributed by atoms with E-state index in [0.717, 1.165) is 28.0 Å². The predicted molar refractivity (Wildman–Crippen MR) is 64.9 cm³/mol. The van der Waals surface area contributed by atoms with Crippen molar-refractivity contribution in [2.75, 3.05) is 11.5 Å². The highest BCUT2D eigenvalue weighted by Gasteiger charge is 2.05. The van der Waals surface area contributed by atoms with Gasteiger partial charge in [0.1, 0.15) is 0 Å². The fourth-order valence-corrected chi connectivity index (χ4v) is 1.68. The second-order valence-corrected chi connectivity index (χ2v) is 4.47. The van der Waals surface area contributed by atoms with Gasteiger partial charge in [-0.3, -0.25) is 0 Å². The van der Waals surface area contributed by atoms with Gasteiger partial charge in [0.15, 0.2) is 0 Å². The van der Waals surface area contributed by atoms with Gasteiger partial charge in [0.25, 0.3) is 0 Å². The third-order valence-corrected chi connectivity index (χ3v) is 2.59. The molecule has 0 aliphatic rings. The summed E-state index contributed by atoms with van der Waals surface area (Å²) in [6, 6.07) is 4.15. The molecule has 0 aliphatic carbocycles. The number of benzene rings is 1. The molecule has 0 radical (unpaired) electrons. The molecule has 0 atom stereocenters. The number of hydrogen-bond donors (Lipinski definition) is 3. The first-order chi connectivity index (χ1) is 6.50. The average Bonchev–Trinajstić information content (AvgIpc) is 2.08. The van der Waals surface area contributed by atoms with Crippen molar-refractivity contribution in [1.82, 2.24) is 5.32 Å². The van der Waals surface area contributed by atoms with Crippen LogP contribution in [-0.4, -0.2) is 6.04 Å². The third-order valence-electron chi connectivity index (χ3n) is 1.94. The Labute approximate surface area is 93.0 Å². The lowest BCUT2D eigenvalue weighted by Crippen LogP contribution is -2.22. The first-order valence-corrected chi connectivity index (χ1v) is 5.36. The summed E-state index contributed by atoms with van der Waals surface area (Å²) < 4.78 is 0.859. The maximum Gasteiger partial charge on any atom is 0.0505 e. The smallest absolute Gasteiger partial charge is 0.0505 e. The molecule has 3 nitrogen and oxygen atoms in total. The summed E-state index contributed by atoms with van der Waals surface area (Å²) in [5, 5.41) is 3.30. The Morgan fingerprint density at radius 1 is 1.36 bits per heavy atom. The molecule has 1 aromatic rings. The van der Waals surface area contributed by atoms with Crippen molar-refractivity contribution in [3.05, 3.63) is 22.2 Å². The van der Waals surface area contributed by atoms with Crippen molar-refractivity contribution in [3.8, 4) is 0 Å². The van der Waals surface area contributed by atoms with Crippen molar-refractivity contribution in [2.24, 2.45) is 0 Å². The normalized spacial score (nSPS) is 10.9. The second kappa shape index (κ2) is 4.66. The second-order valence-electron chi connectivity index (χ2n) is 3.61. The van der Waals surface area contributed by atoms with E-state index in [9.17, 15) is 0 Å². The van der Waals surface area contributed by atoms with Crippen LogP contribution in [0.2, 0.25) is 0 Å². The fourth-order valence-electron chi connectivity index (χ4n) is 1.16. The minimum atomic E-state index is 0.439. The molecule has 0 spiro atoms. The Hall–Kier alpha value is -0.740. The zero-order chi connectivity index (χ0) is 10.7. The standard InChI is InChI=1S/C10H16BrN3/c1-6(2)14-5-7-3-8(12)4-9(11)10(7)13/h3-4,6,14H,5,12-13H2,1-2H3. The molecule has 0 fully saturated rings. The van der Waals surface area contributed by atoms with E-state index in [2.05, 4.69) is 35.1 Å². The third kappa shape index (κ3) is 2.89. The van der Waals surface area contributed by atoms with Crippen LogP contribution >= 0.6 is 15.9 Å². The first kappa shape index (κ1) is 11.3. The Kier molecular flexibility index (Phi) is 3.77. The van der Waals surface area contributed by atoms with Crippen LogP contribution < -0.4 is 16.8 Å². The first-order valence-electron chi connectivity index (χ1n) is 4.57. The number of nitrogen functional groups attached to an aromatic ring is 2. The summed E-state index contributed by atoms with van der Waals surface area (Å²) in [7, 11) is 0. The summed E-state index contributed by atoms with van der Waals surface area (Å²) in [4.78, 5) is 0. The maximum absolute atomic E-state index is 5.90. The van der Waals surface area contributed by atoms with Gasteiger partial charge in [0, 0.05) is 22.7 Å². The number of rotatable bonds is 3. The van der Waals surface area contributed by atoms with E-state index in [4.69, 9.17) is 11.5 Å². The average molecular weight is 258 g/mol. The fraction of sp³-hybridized carbons (Fsp3) is 0.400. The van der Waals surface area contributed by atoms with Gasteiger partial charge in [-0.25, -0.2) is 0 Å². The highest BCUT2D eigenvalue weighted by Crippen LogP contribution is 2.26. The molecule has 1 aromatic carbocycles. The summed E-state index contributed by atoms with van der Waals surface area (Å²) in [6.45, 7) is 4.93. The van der Waals surface area contributed by atoms with E-state index in [1.165, 1.54) is 0 Å². The van der Waals surface area contributed by atoms with Gasteiger partial charge in [0.2, 0.25) is 0 Å². The topological polar surface area (TPSA) is 64.1 Å². The van der Waals surface area contributed by atoms with Crippen LogP contribution in [0.1, 0.15) is 19.4 Å². The molecule has 0 unspecified atom stereocenters. The molecule has 78 valence electrons. The van der Waals surface area contributed by atoms with Crippen molar-refractivity contribution in [1.29, 1.82) is 0 Å². The summed E-state index contributed by atoms with van der Waals surface area (Å²) in [5.41, 5.74) is 14.1. The van der Waals surface area contributed by atoms with Gasteiger partial charge in [-0.1, -0.05) is 13.8 Å². The molecule has 4 heteroatoms. The van der Waals surface area contributed by atoms with E-state index in [1.54, 1.807) is 0 Å². The number of hydrogen-bond acceptors (Lipinski definition) is 3. The number of anilines is 2. The Morgan fingerprint density at radius 2 is 2.00 bits per heavy atom. The van der Waals surface area contributed by atoms with Crippen LogP contribution in [0.25, 0.3) is 0 Å². The summed E-state index contributed by atoms with van der Waals surface area (Å²) in [6.07, 6.45) is 0. The number of halogens is 1. The van der Waals surface area contributed by atoms with Gasteiger partial charge in [-0.05, 0) is 33.6 Å². The highest BCUT2D eigenvalue weighted by atomic mass is 79.9. The molecule has 0 heterocycles. The van der Waals surface area contributed by atoms with Crippen LogP contribution in [0.5, 0.6) is 0 Å². The van der Waals surface area contributed by atoms with Crippen molar-refractivity contribution in [2.45, 2.75) is 26.4 Å². The number of nitrogens with one attached hydrogen (secondary N) is 1. The lowest BCUT2D eigenvalue weighted by molar-refractivity contribution is 0.589. The SMILES string of the molecule is CC(C)NCc1cc(N)cc(Br)c1N. The molecule has 0 saturated heterocycles. The largest absolute Gasteiger partial charge is 0.399 e. The molecular weight excluding hydrogens is 242 g/mol. The Morgan fingerprint density at radius 3 is 2.57 bits per heavy atom. The molecule has 0 aromatic heterocycles. The zero-order valence-electron chi connectivity index (χ0n) is 8.47. The highest BCUT2D eigenvalue weighted by molar-refractivity contribution is 9.10. The minimum Gasteiger partial charge on any atom is -0.399 e. The molecular formula is C10H16BrN3. The predicted octanol–water partition coefficient (Wildman–Crippen LogP) is 2.11. The molecule has 0 amide bonds. The van der Waals surface area contributed by atoms with Gasteiger partial charge in [-0.2, -0.15) is 0 Å². The van der Waals surface area contributed by atoms with Crippen molar-refractivity contribution >= 4 is 27.3 Å². The van der Waals surface area contributed by atoms with E-state index < -0.39 is 0 Å². The molecule has 0 bridgehead atoms. The Balaban J connectivity index is 2.85. The lowest BCUT2D eigenvalue weighted by Gasteiger charge is -2.12. The zero-order valence-corrected chi connectivity index (χ0v) is 10.1. The van der Waals surface area contributed by atoms with Crippen molar-refractivity contribution < 1.29 is 0 Å².